The molecule has 0 fully saturated rings. The van der Waals surface area contributed by atoms with Crippen LogP contribution in [0.25, 0.3) is 28.2 Å². The van der Waals surface area contributed by atoms with Gasteiger partial charge in [0, 0.05) is 28.9 Å². The van der Waals surface area contributed by atoms with E-state index in [0.29, 0.717) is 27.9 Å². The summed E-state index contributed by atoms with van der Waals surface area (Å²) in [6, 6.07) is 3.26. The van der Waals surface area contributed by atoms with E-state index in [1.165, 1.54) is 11.4 Å². The Morgan fingerprint density at radius 2 is 2.10 bits per heavy atom. The first-order valence-electron chi connectivity index (χ1n) is 5.75. The maximum Gasteiger partial charge on any atom is 0.426 e. The molecule has 0 aliphatic heterocycles. The molecule has 0 atom stereocenters. The second-order valence-corrected chi connectivity index (χ2v) is 5.15. The summed E-state index contributed by atoms with van der Waals surface area (Å²) >= 11 is 0.694. The fourth-order valence-corrected chi connectivity index (χ4v) is 2.87. The molecule has 0 radical (unpaired) electrons. The average Bonchev–Trinajstić information content (AvgIpc) is 3.02. The number of pyridine rings is 1. The molecule has 6 heteroatoms. The molecule has 0 unspecified atom stereocenters. The second kappa shape index (κ2) is 4.49. The Balaban J connectivity index is 2.25. The van der Waals surface area contributed by atoms with Gasteiger partial charge >= 0.3 is 6.18 Å². The molecule has 3 rings (SSSR count). The Kier molecular flexibility index (Phi) is 2.90. The number of aromatic amines is 1. The molecule has 0 saturated carbocycles. The van der Waals surface area contributed by atoms with Crippen LogP contribution in [0, 0.1) is 0 Å². The number of rotatable bonds is 2. The number of aromatic nitrogens is 2. The van der Waals surface area contributed by atoms with E-state index in [9.17, 15) is 13.2 Å². The van der Waals surface area contributed by atoms with Gasteiger partial charge in [-0.15, -0.1) is 11.3 Å². The minimum Gasteiger partial charge on any atom is -0.346 e. The van der Waals surface area contributed by atoms with Crippen LogP contribution in [0.15, 0.2) is 36.5 Å². The molecular weight excluding hydrogens is 285 g/mol. The number of hydrogen-bond acceptors (Lipinski definition) is 2. The molecule has 102 valence electrons. The zero-order chi connectivity index (χ0) is 14.3. The molecule has 0 bridgehead atoms. The van der Waals surface area contributed by atoms with Gasteiger partial charge in [0.15, 0.2) is 0 Å². The van der Waals surface area contributed by atoms with Gasteiger partial charge in [-0.05, 0) is 23.1 Å². The maximum absolute atomic E-state index is 13.0. The van der Waals surface area contributed by atoms with Crippen LogP contribution in [0.3, 0.4) is 0 Å². The number of hydrogen-bond donors (Lipinski definition) is 1. The number of nitrogens with one attached hydrogen (secondary N) is 1. The van der Waals surface area contributed by atoms with Crippen LogP contribution < -0.4 is 0 Å². The number of fused-ring (bicyclic) bond motifs is 1. The van der Waals surface area contributed by atoms with E-state index < -0.39 is 11.1 Å². The zero-order valence-electron chi connectivity index (χ0n) is 10.2. The Bertz CT molecular complexity index is 783. The molecule has 20 heavy (non-hydrogen) atoms. The number of halogens is 3. The van der Waals surface area contributed by atoms with Gasteiger partial charge in [0.2, 0.25) is 0 Å². The highest BCUT2D eigenvalue weighted by Gasteiger charge is 2.35. The van der Waals surface area contributed by atoms with Crippen LogP contribution >= 0.6 is 11.3 Å². The van der Waals surface area contributed by atoms with Crippen LogP contribution in [-0.2, 0) is 6.18 Å². The Morgan fingerprint density at radius 3 is 2.80 bits per heavy atom. The van der Waals surface area contributed by atoms with E-state index >= 15 is 0 Å². The van der Waals surface area contributed by atoms with Crippen LogP contribution in [0.1, 0.15) is 10.4 Å². The van der Waals surface area contributed by atoms with Crippen molar-refractivity contribution in [1.82, 2.24) is 9.97 Å². The summed E-state index contributed by atoms with van der Waals surface area (Å²) in [5, 5.41) is 2.10. The van der Waals surface area contributed by atoms with Crippen molar-refractivity contribution in [3.05, 3.63) is 46.9 Å². The first-order chi connectivity index (χ1) is 9.50. The fourth-order valence-electron chi connectivity index (χ4n) is 2.09. The Labute approximate surface area is 116 Å². The van der Waals surface area contributed by atoms with Crippen LogP contribution in [0.2, 0.25) is 0 Å². The van der Waals surface area contributed by atoms with Crippen molar-refractivity contribution in [1.29, 1.82) is 0 Å². The summed E-state index contributed by atoms with van der Waals surface area (Å²) in [6.45, 7) is 3.64. The summed E-state index contributed by atoms with van der Waals surface area (Å²) in [4.78, 5) is 6.47. The summed E-state index contributed by atoms with van der Waals surface area (Å²) < 4.78 is 39.0. The fraction of sp³-hybridized carbons (Fsp3) is 0.0714. The van der Waals surface area contributed by atoms with Crippen LogP contribution in [-0.4, -0.2) is 9.97 Å². The van der Waals surface area contributed by atoms with Crippen molar-refractivity contribution in [2.45, 2.75) is 6.18 Å². The van der Waals surface area contributed by atoms with Crippen LogP contribution in [0.4, 0.5) is 13.2 Å². The van der Waals surface area contributed by atoms with Crippen molar-refractivity contribution in [2.24, 2.45) is 0 Å². The lowest BCUT2D eigenvalue weighted by Gasteiger charge is -2.07. The predicted octanol–water partition coefficient (Wildman–Crippen LogP) is 4.95. The summed E-state index contributed by atoms with van der Waals surface area (Å²) in [5.74, 6) is 0. The summed E-state index contributed by atoms with van der Waals surface area (Å²) in [5.41, 5.74) is 2.01. The lowest BCUT2D eigenvalue weighted by atomic mass is 10.1. The zero-order valence-corrected chi connectivity index (χ0v) is 11.0. The molecule has 3 aromatic rings. The van der Waals surface area contributed by atoms with Gasteiger partial charge in [0.25, 0.3) is 0 Å². The lowest BCUT2D eigenvalue weighted by Crippen LogP contribution is -2.03. The molecule has 2 nitrogen and oxygen atoms in total. The Hall–Kier alpha value is -2.08. The number of nitrogens with zero attached hydrogens (tertiary/aromatic N) is 1. The Morgan fingerprint density at radius 1 is 1.30 bits per heavy atom. The number of alkyl halides is 3. The normalized spacial score (nSPS) is 11.9. The van der Waals surface area contributed by atoms with Crippen molar-refractivity contribution in [3.8, 4) is 11.1 Å². The van der Waals surface area contributed by atoms with Gasteiger partial charge in [-0.1, -0.05) is 12.7 Å². The first-order valence-corrected chi connectivity index (χ1v) is 6.63. The third-order valence-electron chi connectivity index (χ3n) is 3.00. The monoisotopic (exact) mass is 294 g/mol. The molecule has 0 aromatic carbocycles. The van der Waals surface area contributed by atoms with Gasteiger partial charge in [0.1, 0.15) is 10.5 Å². The van der Waals surface area contributed by atoms with Gasteiger partial charge in [0.05, 0.1) is 0 Å². The molecule has 0 spiro atoms. The van der Waals surface area contributed by atoms with E-state index in [2.05, 4.69) is 16.5 Å². The molecule has 0 aliphatic rings. The minimum absolute atomic E-state index is 0.178. The summed E-state index contributed by atoms with van der Waals surface area (Å²) in [7, 11) is 0. The van der Waals surface area contributed by atoms with E-state index in [1.54, 1.807) is 24.5 Å². The molecule has 3 aromatic heterocycles. The minimum atomic E-state index is -4.35. The topological polar surface area (TPSA) is 28.7 Å². The predicted molar refractivity (Wildman–Crippen MR) is 74.5 cm³/mol. The standard InChI is InChI=1S/C14H9F3N2S/c1-2-8-5-10-11(7-19-13(10)18-6-8)9-3-4-20-12(9)14(15,16)17/h2-7H,1H2,(H,18,19). The largest absolute Gasteiger partial charge is 0.426 e. The van der Waals surface area contributed by atoms with E-state index in [4.69, 9.17) is 0 Å². The van der Waals surface area contributed by atoms with Crippen LogP contribution in [0.5, 0.6) is 0 Å². The highest BCUT2D eigenvalue weighted by atomic mass is 32.1. The molecule has 0 amide bonds. The quantitative estimate of drug-likeness (QED) is 0.711. The van der Waals surface area contributed by atoms with Gasteiger partial charge < -0.3 is 4.98 Å². The third kappa shape index (κ3) is 2.02. The van der Waals surface area contributed by atoms with Gasteiger partial charge in [-0.3, -0.25) is 0 Å². The SMILES string of the molecule is C=Cc1cnc2[nH]cc(-c3ccsc3C(F)(F)F)c2c1. The molecule has 1 N–H and O–H groups in total. The number of H-pyrrole nitrogens is 1. The molecular formula is C14H9F3N2S. The average molecular weight is 294 g/mol. The molecule has 0 aliphatic carbocycles. The number of thiophene rings is 1. The summed E-state index contributed by atoms with van der Waals surface area (Å²) in [6.07, 6.45) is 0.438. The maximum atomic E-state index is 13.0. The van der Waals surface area contributed by atoms with Gasteiger partial charge in [-0.2, -0.15) is 13.2 Å². The highest BCUT2D eigenvalue weighted by molar-refractivity contribution is 7.10. The third-order valence-corrected chi connectivity index (χ3v) is 3.96. The van der Waals surface area contributed by atoms with Crippen molar-refractivity contribution < 1.29 is 13.2 Å². The van der Waals surface area contributed by atoms with E-state index in [0.717, 1.165) is 5.56 Å². The second-order valence-electron chi connectivity index (χ2n) is 4.23. The van der Waals surface area contributed by atoms with Crippen molar-refractivity contribution in [2.75, 3.05) is 0 Å². The van der Waals surface area contributed by atoms with E-state index in [1.807, 2.05) is 0 Å². The first kappa shape index (κ1) is 12.9. The molecule has 0 saturated heterocycles. The molecule has 3 heterocycles. The van der Waals surface area contributed by atoms with Gasteiger partial charge in [-0.25, -0.2) is 4.98 Å². The van der Waals surface area contributed by atoms with Crippen molar-refractivity contribution >= 4 is 28.4 Å². The smallest absolute Gasteiger partial charge is 0.346 e. The van der Waals surface area contributed by atoms with E-state index in [-0.39, 0.29) is 5.56 Å². The lowest BCUT2D eigenvalue weighted by molar-refractivity contribution is -0.133. The highest BCUT2D eigenvalue weighted by Crippen LogP contribution is 2.42. The van der Waals surface area contributed by atoms with Crippen molar-refractivity contribution in [3.63, 3.8) is 0 Å².